The molecule has 98 valence electrons. The Morgan fingerprint density at radius 3 is 2.50 bits per heavy atom. The lowest BCUT2D eigenvalue weighted by atomic mass is 10.2. The molecule has 0 radical (unpaired) electrons. The molecule has 1 N–H and O–H groups in total. The van der Waals surface area contributed by atoms with Crippen molar-refractivity contribution in [2.75, 3.05) is 0 Å². The lowest BCUT2D eigenvalue weighted by molar-refractivity contribution is 0.545. The van der Waals surface area contributed by atoms with Crippen LogP contribution < -0.4 is 4.72 Å². The first-order valence-corrected chi connectivity index (χ1v) is 7.85. The van der Waals surface area contributed by atoms with E-state index in [-0.39, 0.29) is 6.04 Å². The van der Waals surface area contributed by atoms with E-state index in [1.807, 2.05) is 6.92 Å². The molecule has 2 rings (SSSR count). The third kappa shape index (κ3) is 4.12. The summed E-state index contributed by atoms with van der Waals surface area (Å²) in [7, 11) is -3.36. The van der Waals surface area contributed by atoms with Gasteiger partial charge in [0.2, 0.25) is 10.0 Å². The predicted molar refractivity (Wildman–Crippen MR) is 74.7 cm³/mol. The zero-order valence-corrected chi connectivity index (χ0v) is 11.7. The molecule has 1 aliphatic rings. The molecule has 0 aliphatic heterocycles. The van der Waals surface area contributed by atoms with E-state index in [0.717, 1.165) is 18.4 Å². The Bertz CT molecular complexity index is 533. The van der Waals surface area contributed by atoms with Crippen LogP contribution in [0.2, 0.25) is 5.02 Å². The summed E-state index contributed by atoms with van der Waals surface area (Å²) in [5.41, 5.74) is 0.809. The van der Waals surface area contributed by atoms with E-state index in [4.69, 9.17) is 11.6 Å². The van der Waals surface area contributed by atoms with Crippen LogP contribution in [0.1, 0.15) is 25.3 Å². The normalized spacial score (nSPS) is 18.1. The third-order valence-electron chi connectivity index (χ3n) is 2.99. The van der Waals surface area contributed by atoms with Crippen LogP contribution in [0, 0.1) is 5.92 Å². The van der Waals surface area contributed by atoms with Crippen LogP contribution >= 0.6 is 11.6 Å². The Kier molecular flexibility index (Phi) is 4.10. The van der Waals surface area contributed by atoms with Crippen LogP contribution in [-0.2, 0) is 10.0 Å². The number of halogens is 1. The van der Waals surface area contributed by atoms with Crippen molar-refractivity contribution in [2.24, 2.45) is 5.92 Å². The van der Waals surface area contributed by atoms with Crippen molar-refractivity contribution in [2.45, 2.75) is 25.8 Å². The molecular weight excluding hydrogens is 270 g/mol. The highest BCUT2D eigenvalue weighted by Gasteiger charge is 2.29. The summed E-state index contributed by atoms with van der Waals surface area (Å²) in [5.74, 6) is 0.503. The zero-order valence-electron chi connectivity index (χ0n) is 10.1. The van der Waals surface area contributed by atoms with Crippen molar-refractivity contribution in [3.63, 3.8) is 0 Å². The Balaban J connectivity index is 2.00. The summed E-state index contributed by atoms with van der Waals surface area (Å²) in [4.78, 5) is 0. The molecule has 5 heteroatoms. The van der Waals surface area contributed by atoms with Crippen molar-refractivity contribution >= 4 is 27.7 Å². The van der Waals surface area contributed by atoms with Crippen molar-refractivity contribution in [1.82, 2.24) is 4.72 Å². The molecule has 0 amide bonds. The minimum atomic E-state index is -3.36. The smallest absolute Gasteiger partial charge is 0.209 e. The molecule has 18 heavy (non-hydrogen) atoms. The van der Waals surface area contributed by atoms with Gasteiger partial charge in [-0.05, 0) is 49.5 Å². The van der Waals surface area contributed by atoms with Crippen molar-refractivity contribution in [3.8, 4) is 0 Å². The van der Waals surface area contributed by atoms with Crippen LogP contribution in [0.25, 0.3) is 6.08 Å². The average Bonchev–Trinajstić information content (AvgIpc) is 3.11. The van der Waals surface area contributed by atoms with Crippen molar-refractivity contribution < 1.29 is 8.42 Å². The number of rotatable bonds is 5. The van der Waals surface area contributed by atoms with Gasteiger partial charge in [-0.15, -0.1) is 0 Å². The van der Waals surface area contributed by atoms with E-state index in [1.54, 1.807) is 30.3 Å². The van der Waals surface area contributed by atoms with E-state index in [9.17, 15) is 8.42 Å². The minimum absolute atomic E-state index is 0.0184. The van der Waals surface area contributed by atoms with Gasteiger partial charge < -0.3 is 0 Å². The first kappa shape index (κ1) is 13.6. The first-order valence-electron chi connectivity index (χ1n) is 5.92. The molecule has 1 saturated carbocycles. The third-order valence-corrected chi connectivity index (χ3v) is 4.44. The molecule has 1 atom stereocenters. The second kappa shape index (κ2) is 5.43. The van der Waals surface area contributed by atoms with Gasteiger partial charge in [0.15, 0.2) is 0 Å². The molecule has 1 aromatic carbocycles. The standard InChI is InChI=1S/C13H16ClNO2S/c1-10(12-4-5-12)15-18(16,17)9-8-11-2-6-13(14)7-3-11/h2-3,6-10,12,15H,4-5H2,1H3/b9-8+/t10-/m0/s1. The molecule has 0 unspecified atom stereocenters. The van der Waals surface area contributed by atoms with Gasteiger partial charge in [0.25, 0.3) is 0 Å². The first-order chi connectivity index (χ1) is 8.46. The van der Waals surface area contributed by atoms with Gasteiger partial charge in [-0.2, -0.15) is 0 Å². The molecule has 0 heterocycles. The van der Waals surface area contributed by atoms with Gasteiger partial charge in [0.1, 0.15) is 0 Å². The summed E-state index contributed by atoms with van der Waals surface area (Å²) in [5, 5.41) is 1.84. The van der Waals surface area contributed by atoms with E-state index < -0.39 is 10.0 Å². The van der Waals surface area contributed by atoms with Crippen LogP contribution in [0.15, 0.2) is 29.7 Å². The van der Waals surface area contributed by atoms with Gasteiger partial charge in [-0.1, -0.05) is 23.7 Å². The van der Waals surface area contributed by atoms with E-state index in [2.05, 4.69) is 4.72 Å². The molecule has 0 aromatic heterocycles. The van der Waals surface area contributed by atoms with Gasteiger partial charge >= 0.3 is 0 Å². The lowest BCUT2D eigenvalue weighted by Crippen LogP contribution is -2.32. The molecule has 1 aliphatic carbocycles. The van der Waals surface area contributed by atoms with Crippen molar-refractivity contribution in [1.29, 1.82) is 0 Å². The Morgan fingerprint density at radius 1 is 1.33 bits per heavy atom. The SMILES string of the molecule is C[C@H](NS(=O)(=O)/C=C/c1ccc(Cl)cc1)C1CC1. The van der Waals surface area contributed by atoms with E-state index in [1.165, 1.54) is 5.41 Å². The topological polar surface area (TPSA) is 46.2 Å². The maximum atomic E-state index is 11.8. The van der Waals surface area contributed by atoms with Gasteiger partial charge in [0, 0.05) is 16.5 Å². The molecule has 1 aromatic rings. The Morgan fingerprint density at radius 2 is 1.94 bits per heavy atom. The van der Waals surface area contributed by atoms with Gasteiger partial charge in [-0.25, -0.2) is 13.1 Å². The Labute approximate surface area is 113 Å². The van der Waals surface area contributed by atoms with Crippen LogP contribution in [0.4, 0.5) is 0 Å². The number of sulfonamides is 1. The molecule has 0 bridgehead atoms. The molecular formula is C13H16ClNO2S. The van der Waals surface area contributed by atoms with Crippen LogP contribution in [0.5, 0.6) is 0 Å². The van der Waals surface area contributed by atoms with Gasteiger partial charge in [-0.3, -0.25) is 0 Å². The van der Waals surface area contributed by atoms with E-state index in [0.29, 0.717) is 10.9 Å². The number of nitrogens with one attached hydrogen (secondary N) is 1. The van der Waals surface area contributed by atoms with Crippen LogP contribution in [-0.4, -0.2) is 14.5 Å². The fraction of sp³-hybridized carbons (Fsp3) is 0.385. The highest BCUT2D eigenvalue weighted by atomic mass is 35.5. The fourth-order valence-corrected chi connectivity index (χ4v) is 2.98. The molecule has 1 fully saturated rings. The number of hydrogen-bond donors (Lipinski definition) is 1. The monoisotopic (exact) mass is 285 g/mol. The number of benzene rings is 1. The molecule has 3 nitrogen and oxygen atoms in total. The quantitative estimate of drug-likeness (QED) is 0.904. The second-order valence-corrected chi connectivity index (χ2v) is 6.68. The van der Waals surface area contributed by atoms with Gasteiger partial charge in [0.05, 0.1) is 0 Å². The van der Waals surface area contributed by atoms with Crippen molar-refractivity contribution in [3.05, 3.63) is 40.3 Å². The maximum Gasteiger partial charge on any atom is 0.233 e. The van der Waals surface area contributed by atoms with E-state index >= 15 is 0 Å². The largest absolute Gasteiger partial charge is 0.233 e. The van der Waals surface area contributed by atoms with Crippen LogP contribution in [0.3, 0.4) is 0 Å². The summed E-state index contributed by atoms with van der Waals surface area (Å²) in [6.07, 6.45) is 3.80. The molecule has 0 saturated heterocycles. The fourth-order valence-electron chi connectivity index (χ4n) is 1.73. The predicted octanol–water partition coefficient (Wildman–Crippen LogP) is 3.03. The number of hydrogen-bond acceptors (Lipinski definition) is 2. The molecule has 0 spiro atoms. The second-order valence-electron chi connectivity index (χ2n) is 4.64. The summed E-state index contributed by atoms with van der Waals surface area (Å²) in [6.45, 7) is 1.91. The zero-order chi connectivity index (χ0) is 13.2. The Hall–Kier alpha value is -0.840. The highest BCUT2D eigenvalue weighted by molar-refractivity contribution is 7.92. The lowest BCUT2D eigenvalue weighted by Gasteiger charge is -2.10. The minimum Gasteiger partial charge on any atom is -0.209 e. The summed E-state index contributed by atoms with van der Waals surface area (Å²) < 4.78 is 26.2. The summed E-state index contributed by atoms with van der Waals surface area (Å²) >= 11 is 5.76. The average molecular weight is 286 g/mol. The highest BCUT2D eigenvalue weighted by Crippen LogP contribution is 2.32. The maximum absolute atomic E-state index is 11.8. The summed E-state index contributed by atoms with van der Waals surface area (Å²) in [6, 6.07) is 7.03.